The van der Waals surface area contributed by atoms with Crippen molar-refractivity contribution in [2.75, 3.05) is 14.1 Å². The monoisotopic (exact) mass is 591 g/mol. The minimum Gasteiger partial charge on any atom is -0.352 e. The average Bonchev–Trinajstić information content (AvgIpc) is 3.63. The van der Waals surface area contributed by atoms with E-state index in [1.54, 1.807) is 6.07 Å². The summed E-state index contributed by atoms with van der Waals surface area (Å²) in [5, 5.41) is 3.24. The lowest BCUT2D eigenvalue weighted by atomic mass is 9.90. The third-order valence-corrected chi connectivity index (χ3v) is 8.03. The van der Waals surface area contributed by atoms with Crippen molar-refractivity contribution in [2.24, 2.45) is 0 Å². The first-order valence-corrected chi connectivity index (χ1v) is 12.9. The van der Waals surface area contributed by atoms with Crippen molar-refractivity contribution in [2.45, 2.75) is 56.1 Å². The predicted molar refractivity (Wildman–Crippen MR) is 139 cm³/mol. The van der Waals surface area contributed by atoms with E-state index in [1.807, 2.05) is 37.2 Å². The molecule has 5 rings (SSSR count). The van der Waals surface area contributed by atoms with E-state index >= 15 is 0 Å². The fourth-order valence-electron chi connectivity index (χ4n) is 5.15. The van der Waals surface area contributed by atoms with E-state index in [0.29, 0.717) is 31.4 Å². The van der Waals surface area contributed by atoms with Crippen LogP contribution in [0.1, 0.15) is 44.6 Å². The third kappa shape index (κ3) is 4.31. The largest absolute Gasteiger partial charge is 0.352 e. The quantitative estimate of drug-likeness (QED) is 0.462. The van der Waals surface area contributed by atoms with Crippen LogP contribution in [0.15, 0.2) is 46.1 Å². The van der Waals surface area contributed by atoms with Crippen LogP contribution in [0.2, 0.25) is 0 Å². The molecule has 0 atom stereocenters. The molecule has 0 spiro atoms. The number of carbonyl (C=O) groups excluding carboxylic acids is 1. The molecule has 35 heavy (non-hydrogen) atoms. The van der Waals surface area contributed by atoms with E-state index in [2.05, 4.69) is 32.9 Å². The summed E-state index contributed by atoms with van der Waals surface area (Å²) in [5.41, 5.74) is -0.709. The van der Waals surface area contributed by atoms with Crippen molar-refractivity contribution in [3.63, 3.8) is 0 Å². The Balaban J connectivity index is 1.48. The molecule has 2 saturated carbocycles. The Morgan fingerprint density at radius 1 is 1.17 bits per heavy atom. The number of rotatable bonds is 5. The maximum atomic E-state index is 14.1. The number of carbonyl (C=O) groups is 1. The van der Waals surface area contributed by atoms with Gasteiger partial charge in [0.05, 0.1) is 22.8 Å². The zero-order valence-corrected chi connectivity index (χ0v) is 21.8. The zero-order chi connectivity index (χ0) is 24.9. The maximum absolute atomic E-state index is 14.1. The Morgan fingerprint density at radius 2 is 1.89 bits per heavy atom. The van der Waals surface area contributed by atoms with Crippen LogP contribution < -0.4 is 16.6 Å². The van der Waals surface area contributed by atoms with Crippen LogP contribution in [-0.4, -0.2) is 50.6 Å². The molecule has 184 valence electrons. The SMILES string of the molecule is CN(C)C1(C(=O)N[C@H]2CC[C@@H](n3c(=O)c4cc(F)cnc4n(-c4cccc(I)c4)c3=O)CC2)CC1. The van der Waals surface area contributed by atoms with Crippen LogP contribution in [0.4, 0.5) is 4.39 Å². The maximum Gasteiger partial charge on any atom is 0.337 e. The van der Waals surface area contributed by atoms with Gasteiger partial charge in [0.25, 0.3) is 5.56 Å². The van der Waals surface area contributed by atoms with E-state index in [0.717, 1.165) is 28.7 Å². The fourth-order valence-corrected chi connectivity index (χ4v) is 5.67. The molecule has 2 aliphatic carbocycles. The number of nitrogens with one attached hydrogen (secondary N) is 1. The van der Waals surface area contributed by atoms with Crippen molar-refractivity contribution in [1.82, 2.24) is 24.3 Å². The summed E-state index contributed by atoms with van der Waals surface area (Å²) < 4.78 is 17.6. The molecule has 0 radical (unpaired) electrons. The molecular weight excluding hydrogens is 564 g/mol. The lowest BCUT2D eigenvalue weighted by molar-refractivity contribution is -0.128. The summed E-state index contributed by atoms with van der Waals surface area (Å²) in [5.74, 6) is -0.577. The molecule has 2 aliphatic rings. The van der Waals surface area contributed by atoms with Crippen LogP contribution in [0.3, 0.4) is 0 Å². The average molecular weight is 591 g/mol. The fraction of sp³-hybridized carbons (Fsp3) is 0.440. The molecule has 1 amide bonds. The number of amides is 1. The first kappa shape index (κ1) is 24.1. The number of pyridine rings is 1. The van der Waals surface area contributed by atoms with E-state index < -0.39 is 22.6 Å². The van der Waals surface area contributed by atoms with E-state index in [1.165, 1.54) is 9.13 Å². The number of hydrogen-bond acceptors (Lipinski definition) is 5. The highest BCUT2D eigenvalue weighted by Gasteiger charge is 2.52. The van der Waals surface area contributed by atoms with Gasteiger partial charge in [0.2, 0.25) is 5.91 Å². The molecule has 0 saturated heterocycles. The summed E-state index contributed by atoms with van der Waals surface area (Å²) in [7, 11) is 3.85. The molecular formula is C25H27FIN5O3. The Morgan fingerprint density at radius 3 is 2.51 bits per heavy atom. The lowest BCUT2D eigenvalue weighted by Gasteiger charge is -2.32. The molecule has 0 bridgehead atoms. The second-order valence-electron chi connectivity index (χ2n) is 9.70. The van der Waals surface area contributed by atoms with Crippen LogP contribution in [0.25, 0.3) is 16.7 Å². The van der Waals surface area contributed by atoms with Gasteiger partial charge in [0.15, 0.2) is 5.65 Å². The van der Waals surface area contributed by atoms with Crippen molar-refractivity contribution in [3.05, 3.63) is 66.8 Å². The van der Waals surface area contributed by atoms with Gasteiger partial charge in [-0.15, -0.1) is 0 Å². The smallest absolute Gasteiger partial charge is 0.337 e. The van der Waals surface area contributed by atoms with Crippen molar-refractivity contribution in [1.29, 1.82) is 0 Å². The van der Waals surface area contributed by atoms with Gasteiger partial charge in [-0.25, -0.2) is 18.7 Å². The summed E-state index contributed by atoms with van der Waals surface area (Å²) in [6, 6.07) is 8.13. The first-order valence-electron chi connectivity index (χ1n) is 11.8. The molecule has 10 heteroatoms. The number of hydrogen-bond donors (Lipinski definition) is 1. The Labute approximate surface area is 215 Å². The standard InChI is InChI=1S/C25H27FIN5O3/c1-30(2)25(10-11-25)23(34)29-17-6-8-18(9-7-17)32-22(33)20-12-15(26)14-28-21(20)31(24(32)35)19-5-3-4-16(27)13-19/h3-5,12-14,17-18H,6-11H2,1-2H3,(H,29,34)/t17-,18+. The summed E-state index contributed by atoms with van der Waals surface area (Å²) in [4.78, 5) is 46.0. The molecule has 0 aliphatic heterocycles. The van der Waals surface area contributed by atoms with Gasteiger partial charge in [-0.1, -0.05) is 6.07 Å². The highest BCUT2D eigenvalue weighted by molar-refractivity contribution is 14.1. The second-order valence-corrected chi connectivity index (χ2v) is 10.9. The van der Waals surface area contributed by atoms with Crippen molar-refractivity contribution >= 4 is 39.5 Å². The number of benzene rings is 1. The molecule has 2 fully saturated rings. The summed E-state index contributed by atoms with van der Waals surface area (Å²) in [6.07, 6.45) is 5.19. The van der Waals surface area contributed by atoms with Gasteiger partial charge in [-0.2, -0.15) is 0 Å². The Hall–Kier alpha value is -2.60. The van der Waals surface area contributed by atoms with Crippen LogP contribution in [0, 0.1) is 9.39 Å². The highest BCUT2D eigenvalue weighted by Crippen LogP contribution is 2.40. The number of halogens is 2. The van der Waals surface area contributed by atoms with E-state index in [9.17, 15) is 18.8 Å². The molecule has 1 N–H and O–H groups in total. The molecule has 2 heterocycles. The minimum atomic E-state index is -0.629. The molecule has 3 aromatic rings. The van der Waals surface area contributed by atoms with Crippen LogP contribution in [0.5, 0.6) is 0 Å². The number of nitrogens with zero attached hydrogens (tertiary/aromatic N) is 4. The number of aromatic nitrogens is 3. The van der Waals surface area contributed by atoms with Gasteiger partial charge >= 0.3 is 5.69 Å². The van der Waals surface area contributed by atoms with Crippen molar-refractivity contribution < 1.29 is 9.18 Å². The number of likely N-dealkylation sites (N-methyl/N-ethyl adjacent to an activating group) is 1. The van der Waals surface area contributed by atoms with Gasteiger partial charge in [0.1, 0.15) is 5.82 Å². The van der Waals surface area contributed by atoms with Crippen LogP contribution in [-0.2, 0) is 4.79 Å². The van der Waals surface area contributed by atoms with Gasteiger partial charge in [0, 0.05) is 15.7 Å². The minimum absolute atomic E-state index is 0.00405. The molecule has 1 aromatic carbocycles. The molecule has 0 unspecified atom stereocenters. The predicted octanol–water partition coefficient (Wildman–Crippen LogP) is 2.99. The summed E-state index contributed by atoms with van der Waals surface area (Å²) >= 11 is 2.16. The lowest BCUT2D eigenvalue weighted by Crippen LogP contribution is -2.50. The van der Waals surface area contributed by atoms with E-state index in [4.69, 9.17) is 0 Å². The normalized spacial score (nSPS) is 21.3. The van der Waals surface area contributed by atoms with Crippen molar-refractivity contribution in [3.8, 4) is 5.69 Å². The third-order valence-electron chi connectivity index (χ3n) is 7.36. The number of fused-ring (bicyclic) bond motifs is 1. The zero-order valence-electron chi connectivity index (χ0n) is 19.6. The first-order chi connectivity index (χ1) is 16.7. The van der Waals surface area contributed by atoms with Crippen LogP contribution >= 0.6 is 22.6 Å². The van der Waals surface area contributed by atoms with Gasteiger partial charge < -0.3 is 5.32 Å². The van der Waals surface area contributed by atoms with E-state index in [-0.39, 0.29) is 29.0 Å². The molecule has 8 nitrogen and oxygen atoms in total. The highest BCUT2D eigenvalue weighted by atomic mass is 127. The second kappa shape index (κ2) is 9.12. The topological polar surface area (TPSA) is 89.2 Å². The van der Waals surface area contributed by atoms with Gasteiger partial charge in [-0.05, 0) is 99.5 Å². The Kier molecular flexibility index (Phi) is 6.28. The Bertz CT molecular complexity index is 1420. The van der Waals surface area contributed by atoms with Gasteiger partial charge in [-0.3, -0.25) is 19.1 Å². The molecule has 2 aromatic heterocycles. The summed E-state index contributed by atoms with van der Waals surface area (Å²) in [6.45, 7) is 0.